The molecule has 0 atom stereocenters. The zero-order valence-corrected chi connectivity index (χ0v) is 15.2. The number of piperidine rings is 1. The van der Waals surface area contributed by atoms with E-state index >= 15 is 0 Å². The average Bonchev–Trinajstić information content (AvgIpc) is 2.69. The number of anilines is 2. The molecule has 0 radical (unpaired) electrons. The van der Waals surface area contributed by atoms with Gasteiger partial charge in [0, 0.05) is 18.8 Å². The number of rotatable bonds is 3. The lowest BCUT2D eigenvalue weighted by atomic mass is 10.1. The number of para-hydroxylation sites is 2. The molecule has 2 heterocycles. The lowest BCUT2D eigenvalue weighted by Crippen LogP contribution is -2.33. The predicted molar refractivity (Wildman–Crippen MR) is 105 cm³/mol. The fraction of sp³-hybridized carbons (Fsp3) is 0.286. The Morgan fingerprint density at radius 2 is 1.74 bits per heavy atom. The summed E-state index contributed by atoms with van der Waals surface area (Å²) in [5, 5.41) is 2.86. The minimum atomic E-state index is -0.330. The van der Waals surface area contributed by atoms with Gasteiger partial charge in [-0.05, 0) is 62.1 Å². The van der Waals surface area contributed by atoms with Gasteiger partial charge in [-0.15, -0.1) is 0 Å². The molecule has 1 amide bonds. The van der Waals surface area contributed by atoms with Crippen LogP contribution >= 0.6 is 0 Å². The monoisotopic (exact) mass is 364 g/mol. The van der Waals surface area contributed by atoms with Gasteiger partial charge in [0.05, 0.1) is 11.0 Å². The van der Waals surface area contributed by atoms with E-state index in [0.717, 1.165) is 31.4 Å². The maximum absolute atomic E-state index is 13.3. The van der Waals surface area contributed by atoms with Crippen LogP contribution < -0.4 is 10.2 Å². The van der Waals surface area contributed by atoms with E-state index in [4.69, 9.17) is 4.98 Å². The highest BCUT2D eigenvalue weighted by atomic mass is 19.1. The number of nitrogens with zero attached hydrogens (tertiary/aromatic N) is 3. The van der Waals surface area contributed by atoms with Crippen LogP contribution in [0.3, 0.4) is 0 Å². The molecule has 0 spiro atoms. The summed E-state index contributed by atoms with van der Waals surface area (Å²) in [6.45, 7) is 3.49. The summed E-state index contributed by atoms with van der Waals surface area (Å²) in [5.74, 6) is -0.0424. The van der Waals surface area contributed by atoms with Crippen molar-refractivity contribution in [2.24, 2.45) is 0 Å². The lowest BCUT2D eigenvalue weighted by molar-refractivity contribution is 0.102. The van der Waals surface area contributed by atoms with Crippen molar-refractivity contribution in [3.63, 3.8) is 0 Å². The lowest BCUT2D eigenvalue weighted by Gasteiger charge is -2.29. The van der Waals surface area contributed by atoms with Gasteiger partial charge in [-0.25, -0.2) is 14.4 Å². The molecule has 1 saturated heterocycles. The largest absolute Gasteiger partial charge is 0.355 e. The Hall–Kier alpha value is -3.02. The van der Waals surface area contributed by atoms with Crippen molar-refractivity contribution in [1.82, 2.24) is 9.97 Å². The van der Waals surface area contributed by atoms with Crippen LogP contribution in [0.4, 0.5) is 15.9 Å². The highest BCUT2D eigenvalue weighted by Crippen LogP contribution is 2.25. The second-order valence-corrected chi connectivity index (χ2v) is 6.85. The molecule has 6 heteroatoms. The van der Waals surface area contributed by atoms with Crippen LogP contribution in [0.5, 0.6) is 0 Å². The minimum absolute atomic E-state index is 0.305. The summed E-state index contributed by atoms with van der Waals surface area (Å²) < 4.78 is 13.3. The van der Waals surface area contributed by atoms with Gasteiger partial charge in [-0.2, -0.15) is 0 Å². The molecule has 0 bridgehead atoms. The maximum atomic E-state index is 13.3. The molecular formula is C21H21FN4O. The van der Waals surface area contributed by atoms with Crippen LogP contribution in [0.1, 0.15) is 35.3 Å². The number of aryl methyl sites for hydroxylation is 1. The van der Waals surface area contributed by atoms with Crippen molar-refractivity contribution in [2.75, 3.05) is 23.3 Å². The molecule has 1 fully saturated rings. The molecule has 4 rings (SSSR count). The third kappa shape index (κ3) is 3.60. The first-order valence-corrected chi connectivity index (χ1v) is 9.21. The number of fused-ring (bicyclic) bond motifs is 1. The quantitative estimate of drug-likeness (QED) is 0.752. The van der Waals surface area contributed by atoms with Crippen LogP contribution in [-0.4, -0.2) is 29.0 Å². The summed E-state index contributed by atoms with van der Waals surface area (Å²) >= 11 is 0. The average molecular weight is 364 g/mol. The number of carbonyl (C=O) groups is 1. The summed E-state index contributed by atoms with van der Waals surface area (Å²) in [5.41, 5.74) is 2.99. The molecule has 1 aromatic heterocycles. The van der Waals surface area contributed by atoms with E-state index in [1.54, 1.807) is 13.0 Å². The number of hydrogen-bond acceptors (Lipinski definition) is 4. The van der Waals surface area contributed by atoms with Gasteiger partial charge in [0.1, 0.15) is 5.82 Å². The van der Waals surface area contributed by atoms with Gasteiger partial charge in [-0.3, -0.25) is 4.79 Å². The first-order chi connectivity index (χ1) is 13.1. The smallest absolute Gasteiger partial charge is 0.278 e. The zero-order chi connectivity index (χ0) is 18.8. The van der Waals surface area contributed by atoms with Crippen molar-refractivity contribution in [3.8, 4) is 0 Å². The Morgan fingerprint density at radius 1 is 1.04 bits per heavy atom. The highest BCUT2D eigenvalue weighted by molar-refractivity contribution is 6.07. The summed E-state index contributed by atoms with van der Waals surface area (Å²) in [6, 6.07) is 11.8. The second kappa shape index (κ2) is 7.31. The normalized spacial score (nSPS) is 14.4. The van der Waals surface area contributed by atoms with Gasteiger partial charge in [0.25, 0.3) is 5.91 Å². The summed E-state index contributed by atoms with van der Waals surface area (Å²) in [4.78, 5) is 24.5. The molecule has 2 aromatic carbocycles. The van der Waals surface area contributed by atoms with E-state index in [9.17, 15) is 9.18 Å². The molecule has 0 saturated carbocycles. The Kier molecular flexibility index (Phi) is 4.71. The Morgan fingerprint density at radius 3 is 2.44 bits per heavy atom. The van der Waals surface area contributed by atoms with Crippen molar-refractivity contribution < 1.29 is 9.18 Å². The first-order valence-electron chi connectivity index (χ1n) is 9.21. The Balaban J connectivity index is 1.74. The molecule has 27 heavy (non-hydrogen) atoms. The zero-order valence-electron chi connectivity index (χ0n) is 15.2. The van der Waals surface area contributed by atoms with Crippen molar-refractivity contribution in [3.05, 3.63) is 59.5 Å². The number of aromatic nitrogens is 2. The van der Waals surface area contributed by atoms with E-state index in [2.05, 4.69) is 15.2 Å². The molecule has 0 unspecified atom stereocenters. The number of hydrogen-bond donors (Lipinski definition) is 1. The van der Waals surface area contributed by atoms with Crippen molar-refractivity contribution in [2.45, 2.75) is 26.2 Å². The third-order valence-corrected chi connectivity index (χ3v) is 4.86. The standard InChI is InChI=1S/C21H21FN4O/c1-14-13-15(22)9-10-16(14)25-21(27)19-20(26-11-5-2-6-12-26)24-18-8-4-3-7-17(18)23-19/h3-4,7-10,13H,2,5-6,11-12H2,1H3,(H,25,27). The van der Waals surface area contributed by atoms with Gasteiger partial charge in [0.2, 0.25) is 0 Å². The van der Waals surface area contributed by atoms with Gasteiger partial charge in [0.15, 0.2) is 11.5 Å². The molecule has 0 aliphatic carbocycles. The predicted octanol–water partition coefficient (Wildman–Crippen LogP) is 4.32. The van der Waals surface area contributed by atoms with E-state index < -0.39 is 0 Å². The fourth-order valence-electron chi connectivity index (χ4n) is 3.42. The summed E-state index contributed by atoms with van der Waals surface area (Å²) in [6.07, 6.45) is 3.34. The van der Waals surface area contributed by atoms with E-state index in [1.165, 1.54) is 18.6 Å². The van der Waals surface area contributed by atoms with Gasteiger partial charge < -0.3 is 10.2 Å². The van der Waals surface area contributed by atoms with Crippen LogP contribution in [0.25, 0.3) is 11.0 Å². The van der Waals surface area contributed by atoms with Crippen LogP contribution in [0, 0.1) is 12.7 Å². The minimum Gasteiger partial charge on any atom is -0.355 e. The molecular weight excluding hydrogens is 343 g/mol. The SMILES string of the molecule is Cc1cc(F)ccc1NC(=O)c1nc2ccccc2nc1N1CCCCC1. The molecule has 3 aromatic rings. The van der Waals surface area contributed by atoms with Gasteiger partial charge in [-0.1, -0.05) is 12.1 Å². The number of benzene rings is 2. The Labute approximate surface area is 157 Å². The van der Waals surface area contributed by atoms with Crippen LogP contribution in [0.2, 0.25) is 0 Å². The fourth-order valence-corrected chi connectivity index (χ4v) is 3.42. The van der Waals surface area contributed by atoms with Crippen LogP contribution in [0.15, 0.2) is 42.5 Å². The summed E-state index contributed by atoms with van der Waals surface area (Å²) in [7, 11) is 0. The maximum Gasteiger partial charge on any atom is 0.278 e. The Bertz CT molecular complexity index is 999. The number of carbonyl (C=O) groups excluding carboxylic acids is 1. The topological polar surface area (TPSA) is 58.1 Å². The van der Waals surface area contributed by atoms with Crippen molar-refractivity contribution in [1.29, 1.82) is 0 Å². The molecule has 5 nitrogen and oxygen atoms in total. The number of amides is 1. The van der Waals surface area contributed by atoms with Crippen molar-refractivity contribution >= 4 is 28.4 Å². The van der Waals surface area contributed by atoms with Gasteiger partial charge >= 0.3 is 0 Å². The first kappa shape index (κ1) is 17.4. The van der Waals surface area contributed by atoms with E-state index in [1.807, 2.05) is 24.3 Å². The number of halogens is 1. The third-order valence-electron chi connectivity index (χ3n) is 4.86. The molecule has 1 aliphatic rings. The van der Waals surface area contributed by atoms with E-state index in [0.29, 0.717) is 28.3 Å². The highest BCUT2D eigenvalue weighted by Gasteiger charge is 2.23. The second-order valence-electron chi connectivity index (χ2n) is 6.85. The van der Waals surface area contributed by atoms with E-state index in [-0.39, 0.29) is 11.7 Å². The van der Waals surface area contributed by atoms with Crippen LogP contribution in [-0.2, 0) is 0 Å². The molecule has 1 N–H and O–H groups in total. The molecule has 138 valence electrons. The number of nitrogens with one attached hydrogen (secondary N) is 1. The molecule has 1 aliphatic heterocycles.